The molecule has 0 aliphatic carbocycles. The van der Waals surface area contributed by atoms with Gasteiger partial charge in [0.05, 0.1) is 0 Å². The fourth-order valence-corrected chi connectivity index (χ4v) is 0.734. The van der Waals surface area contributed by atoms with Crippen LogP contribution in [0.2, 0.25) is 0 Å². The number of halogens is 6. The summed E-state index contributed by atoms with van der Waals surface area (Å²) in [5.74, 6) is -5.66. The van der Waals surface area contributed by atoms with Crippen LogP contribution in [0.3, 0.4) is 0 Å². The second kappa shape index (κ2) is 7.68. The summed E-state index contributed by atoms with van der Waals surface area (Å²) < 4.78 is 3.09. The third-order valence-corrected chi connectivity index (χ3v) is 2.13. The highest BCUT2D eigenvalue weighted by molar-refractivity contribution is 6.76. The minimum Gasteiger partial charge on any atom is -0.387 e. The Morgan fingerprint density at radius 2 is 0.900 bits per heavy atom. The Balaban J connectivity index is 4.44. The van der Waals surface area contributed by atoms with Gasteiger partial charge in [-0.25, -0.2) is 19.2 Å². The van der Waals surface area contributed by atoms with E-state index in [0.29, 0.717) is 12.2 Å². The first-order valence-corrected chi connectivity index (χ1v) is 6.45. The molecule has 0 N–H and O–H groups in total. The van der Waals surface area contributed by atoms with Gasteiger partial charge in [0, 0.05) is 12.2 Å². The second-order valence-electron chi connectivity index (χ2n) is 2.75. The van der Waals surface area contributed by atoms with Crippen molar-refractivity contribution in [1.82, 2.24) is 0 Å². The van der Waals surface area contributed by atoms with E-state index in [1.54, 1.807) is 0 Å². The molecule has 0 atom stereocenters. The van der Waals surface area contributed by atoms with Crippen LogP contribution in [0.5, 0.6) is 0 Å². The van der Waals surface area contributed by atoms with Crippen molar-refractivity contribution in [3.63, 3.8) is 0 Å². The van der Waals surface area contributed by atoms with Crippen molar-refractivity contribution < 1.29 is 28.7 Å². The number of esters is 4. The minimum absolute atomic E-state index is 0.433. The average molecular weight is 407 g/mol. The van der Waals surface area contributed by atoms with Gasteiger partial charge in [0.1, 0.15) is 0 Å². The van der Waals surface area contributed by atoms with Gasteiger partial charge in [0.2, 0.25) is 0 Å². The minimum atomic E-state index is -2.46. The first-order chi connectivity index (χ1) is 8.84. The van der Waals surface area contributed by atoms with E-state index in [1.165, 1.54) is 0 Å². The number of carbonyl (C=O) groups excluding carboxylic acids is 4. The Kier molecular flexibility index (Phi) is 7.59. The molecule has 0 heterocycles. The van der Waals surface area contributed by atoms with E-state index in [4.69, 9.17) is 69.6 Å². The molecule has 0 spiro atoms. The van der Waals surface area contributed by atoms with Crippen molar-refractivity contribution in [3.8, 4) is 0 Å². The zero-order valence-corrected chi connectivity index (χ0v) is 13.4. The molecular weight excluding hydrogens is 405 g/mol. The monoisotopic (exact) mass is 404 g/mol. The highest BCUT2D eigenvalue weighted by Crippen LogP contribution is 2.28. The Morgan fingerprint density at radius 1 is 0.650 bits per heavy atom. The number of carbonyl (C=O) groups is 4. The maximum Gasteiger partial charge on any atom is 0.366 e. The molecule has 0 aromatic carbocycles. The lowest BCUT2D eigenvalue weighted by Gasteiger charge is -2.07. The van der Waals surface area contributed by atoms with Crippen LogP contribution >= 0.6 is 69.6 Å². The van der Waals surface area contributed by atoms with Crippen LogP contribution in [0.4, 0.5) is 0 Å². The van der Waals surface area contributed by atoms with Crippen LogP contribution in [0.25, 0.3) is 0 Å². The largest absolute Gasteiger partial charge is 0.387 e. The average Bonchev–Trinajstić information content (AvgIpc) is 2.23. The molecule has 6 nitrogen and oxygen atoms in total. The first kappa shape index (κ1) is 19.8. The molecule has 0 fully saturated rings. The predicted octanol–water partition coefficient (Wildman–Crippen LogP) is 2.42. The molecule has 0 radical (unpaired) electrons. The van der Waals surface area contributed by atoms with Gasteiger partial charge in [-0.3, -0.25) is 0 Å². The molecule has 0 aromatic heterocycles. The lowest BCUT2D eigenvalue weighted by Crippen LogP contribution is -2.25. The number of ether oxygens (including phenoxy) is 2. The van der Waals surface area contributed by atoms with Crippen LogP contribution in [-0.2, 0) is 28.7 Å². The lowest BCUT2D eigenvalue weighted by molar-refractivity contribution is -0.158. The van der Waals surface area contributed by atoms with E-state index >= 15 is 0 Å². The molecule has 112 valence electrons. The van der Waals surface area contributed by atoms with E-state index in [9.17, 15) is 19.2 Å². The van der Waals surface area contributed by atoms with Gasteiger partial charge in [-0.1, -0.05) is 69.6 Å². The standard InChI is InChI=1S/C8H2Cl6O6/c9-7(10,11)5(17)19-3(15)1-2-4(16)20-6(18)8(12,13)14/h1-2H/b2-1-. The fraction of sp³-hybridized carbons (Fsp3) is 0.250. The molecule has 12 heteroatoms. The van der Waals surface area contributed by atoms with Crippen LogP contribution in [0.1, 0.15) is 0 Å². The summed E-state index contributed by atoms with van der Waals surface area (Å²) in [5, 5.41) is 0. The van der Waals surface area contributed by atoms with Crippen molar-refractivity contribution in [2.45, 2.75) is 7.59 Å². The molecule has 0 saturated carbocycles. The molecule has 0 aliphatic heterocycles. The zero-order valence-electron chi connectivity index (χ0n) is 8.87. The van der Waals surface area contributed by atoms with E-state index in [1.807, 2.05) is 0 Å². The number of hydrogen-bond donors (Lipinski definition) is 0. The number of alkyl halides is 6. The van der Waals surface area contributed by atoms with Crippen LogP contribution in [-0.4, -0.2) is 31.5 Å². The highest BCUT2D eigenvalue weighted by atomic mass is 35.6. The lowest BCUT2D eigenvalue weighted by atomic mass is 10.5. The highest BCUT2D eigenvalue weighted by Gasteiger charge is 2.35. The molecule has 0 amide bonds. The molecule has 0 saturated heterocycles. The summed E-state index contributed by atoms with van der Waals surface area (Å²) in [5.41, 5.74) is 0. The Labute approximate surface area is 141 Å². The zero-order chi connectivity index (χ0) is 16.1. The topological polar surface area (TPSA) is 86.7 Å². The molecular formula is C8H2Cl6O6. The van der Waals surface area contributed by atoms with Crippen LogP contribution < -0.4 is 0 Å². The normalized spacial score (nSPS) is 12.1. The van der Waals surface area contributed by atoms with Crippen molar-refractivity contribution in [3.05, 3.63) is 12.2 Å². The number of hydrogen-bond acceptors (Lipinski definition) is 6. The van der Waals surface area contributed by atoms with Gasteiger partial charge in [-0.2, -0.15) is 0 Å². The maximum atomic E-state index is 11.0. The molecule has 20 heavy (non-hydrogen) atoms. The van der Waals surface area contributed by atoms with Gasteiger partial charge < -0.3 is 9.47 Å². The molecule has 0 aromatic rings. The Morgan fingerprint density at radius 3 is 1.10 bits per heavy atom. The van der Waals surface area contributed by atoms with Crippen LogP contribution in [0, 0.1) is 0 Å². The smallest absolute Gasteiger partial charge is 0.366 e. The van der Waals surface area contributed by atoms with Crippen molar-refractivity contribution in [2.24, 2.45) is 0 Å². The first-order valence-electron chi connectivity index (χ1n) is 4.18. The van der Waals surface area contributed by atoms with Crippen LogP contribution in [0.15, 0.2) is 12.2 Å². The quantitative estimate of drug-likeness (QED) is 0.303. The molecule has 0 aliphatic rings. The van der Waals surface area contributed by atoms with Gasteiger partial charge in [0.25, 0.3) is 7.59 Å². The summed E-state index contributed by atoms with van der Waals surface area (Å²) in [6.45, 7) is 0. The summed E-state index contributed by atoms with van der Waals surface area (Å²) >= 11 is 30.7. The van der Waals surface area contributed by atoms with Crippen molar-refractivity contribution in [2.75, 3.05) is 0 Å². The summed E-state index contributed by atoms with van der Waals surface area (Å²) in [6.07, 6.45) is 0.866. The molecule has 0 rings (SSSR count). The van der Waals surface area contributed by atoms with Gasteiger partial charge in [0.15, 0.2) is 0 Å². The molecule has 0 bridgehead atoms. The second-order valence-corrected chi connectivity index (χ2v) is 7.31. The summed E-state index contributed by atoms with van der Waals surface area (Å²) in [7, 11) is 0. The van der Waals surface area contributed by atoms with Crippen molar-refractivity contribution >= 4 is 93.5 Å². The Hall–Kier alpha value is -0.240. The fourth-order valence-electron chi connectivity index (χ4n) is 0.503. The molecule has 0 unspecified atom stereocenters. The van der Waals surface area contributed by atoms with E-state index in [0.717, 1.165) is 0 Å². The van der Waals surface area contributed by atoms with Gasteiger partial charge >= 0.3 is 23.9 Å². The van der Waals surface area contributed by atoms with E-state index < -0.39 is 31.5 Å². The van der Waals surface area contributed by atoms with Gasteiger partial charge in [-0.05, 0) is 0 Å². The van der Waals surface area contributed by atoms with E-state index in [-0.39, 0.29) is 0 Å². The summed E-state index contributed by atoms with van der Waals surface area (Å²) in [4.78, 5) is 43.9. The third-order valence-electron chi connectivity index (χ3n) is 1.20. The SMILES string of the molecule is O=C(/C=C\C(=O)OC(=O)C(Cl)(Cl)Cl)OC(=O)C(Cl)(Cl)Cl. The van der Waals surface area contributed by atoms with Crippen molar-refractivity contribution in [1.29, 1.82) is 0 Å². The summed E-state index contributed by atoms with van der Waals surface area (Å²) in [6, 6.07) is 0. The predicted molar refractivity (Wildman–Crippen MR) is 71.9 cm³/mol. The third kappa shape index (κ3) is 8.14. The maximum absolute atomic E-state index is 11.0. The van der Waals surface area contributed by atoms with E-state index in [2.05, 4.69) is 9.47 Å². The Bertz CT molecular complexity index is 417. The number of rotatable bonds is 2. The van der Waals surface area contributed by atoms with Gasteiger partial charge in [-0.15, -0.1) is 0 Å².